The van der Waals surface area contributed by atoms with Gasteiger partial charge in [0, 0.05) is 26.5 Å². The average molecular weight is 174 g/mol. The van der Waals surface area contributed by atoms with E-state index in [1.54, 1.807) is 12.4 Å². The zero-order valence-electron chi connectivity index (χ0n) is 8.01. The third kappa shape index (κ3) is 4.11. The molecule has 0 aliphatic rings. The van der Waals surface area contributed by atoms with Gasteiger partial charge in [-0.2, -0.15) is 0 Å². The first kappa shape index (κ1) is 9.52. The SMILES string of the molecule is CN(C)C=CC=Cc1ccncc1. The van der Waals surface area contributed by atoms with Crippen LogP contribution >= 0.6 is 0 Å². The van der Waals surface area contributed by atoms with Crippen LogP contribution in [0, 0.1) is 0 Å². The van der Waals surface area contributed by atoms with Crippen molar-refractivity contribution in [1.82, 2.24) is 9.88 Å². The maximum Gasteiger partial charge on any atom is 0.0273 e. The fraction of sp³-hybridized carbons (Fsp3) is 0.182. The highest BCUT2D eigenvalue weighted by Gasteiger charge is 1.80. The summed E-state index contributed by atoms with van der Waals surface area (Å²) in [5.74, 6) is 0. The van der Waals surface area contributed by atoms with Gasteiger partial charge in [0.25, 0.3) is 0 Å². The van der Waals surface area contributed by atoms with Gasteiger partial charge in [0.2, 0.25) is 0 Å². The number of nitrogens with zero attached hydrogens (tertiary/aromatic N) is 2. The van der Waals surface area contributed by atoms with Crippen LogP contribution in [0.4, 0.5) is 0 Å². The van der Waals surface area contributed by atoms with Crippen molar-refractivity contribution >= 4 is 6.08 Å². The summed E-state index contributed by atoms with van der Waals surface area (Å²) in [4.78, 5) is 5.94. The summed E-state index contributed by atoms with van der Waals surface area (Å²) in [7, 11) is 3.99. The highest BCUT2D eigenvalue weighted by atomic mass is 15.0. The molecule has 1 aromatic rings. The zero-order chi connectivity index (χ0) is 9.52. The van der Waals surface area contributed by atoms with Crippen molar-refractivity contribution < 1.29 is 0 Å². The molecule has 0 aromatic carbocycles. The van der Waals surface area contributed by atoms with E-state index in [4.69, 9.17) is 0 Å². The number of aromatic nitrogens is 1. The lowest BCUT2D eigenvalue weighted by molar-refractivity contribution is 0.564. The van der Waals surface area contributed by atoms with E-state index >= 15 is 0 Å². The molecule has 68 valence electrons. The Morgan fingerprint density at radius 3 is 2.46 bits per heavy atom. The van der Waals surface area contributed by atoms with E-state index in [1.165, 1.54) is 5.56 Å². The molecule has 2 heteroatoms. The van der Waals surface area contributed by atoms with E-state index in [-0.39, 0.29) is 0 Å². The van der Waals surface area contributed by atoms with Crippen molar-refractivity contribution in [3.05, 3.63) is 48.4 Å². The molecule has 1 heterocycles. The molecule has 0 saturated carbocycles. The highest BCUT2D eigenvalue weighted by molar-refractivity contribution is 5.49. The minimum absolute atomic E-state index is 1.17. The van der Waals surface area contributed by atoms with Crippen LogP contribution in [0.2, 0.25) is 0 Å². The van der Waals surface area contributed by atoms with Crippen LogP contribution in [0.3, 0.4) is 0 Å². The van der Waals surface area contributed by atoms with Crippen LogP contribution in [0.5, 0.6) is 0 Å². The topological polar surface area (TPSA) is 16.1 Å². The monoisotopic (exact) mass is 174 g/mol. The summed E-state index contributed by atoms with van der Waals surface area (Å²) in [6, 6.07) is 3.94. The van der Waals surface area contributed by atoms with E-state index in [2.05, 4.69) is 4.98 Å². The second-order valence-corrected chi connectivity index (χ2v) is 2.94. The average Bonchev–Trinajstić information content (AvgIpc) is 2.14. The lowest BCUT2D eigenvalue weighted by Crippen LogP contribution is -1.99. The standard InChI is InChI=1S/C11H14N2/c1-13(2)10-4-3-5-11-6-8-12-9-7-11/h3-10H,1-2H3. The number of allylic oxidation sites excluding steroid dienone is 2. The first-order chi connectivity index (χ1) is 6.29. The summed E-state index contributed by atoms with van der Waals surface area (Å²) in [6.45, 7) is 0. The molecule has 0 unspecified atom stereocenters. The van der Waals surface area contributed by atoms with Gasteiger partial charge in [0.05, 0.1) is 0 Å². The molecule has 1 rings (SSSR count). The highest BCUT2D eigenvalue weighted by Crippen LogP contribution is 1.98. The van der Waals surface area contributed by atoms with Crippen LogP contribution in [0.1, 0.15) is 5.56 Å². The molecule has 2 nitrogen and oxygen atoms in total. The Morgan fingerprint density at radius 2 is 1.85 bits per heavy atom. The Balaban J connectivity index is 2.50. The predicted molar refractivity (Wildman–Crippen MR) is 56.1 cm³/mol. The summed E-state index contributed by atoms with van der Waals surface area (Å²) in [5.41, 5.74) is 1.17. The predicted octanol–water partition coefficient (Wildman–Crippen LogP) is 2.17. The summed E-state index contributed by atoms with van der Waals surface area (Å²) in [5, 5.41) is 0. The van der Waals surface area contributed by atoms with E-state index in [0.29, 0.717) is 0 Å². The number of rotatable bonds is 3. The molecule has 13 heavy (non-hydrogen) atoms. The van der Waals surface area contributed by atoms with Crippen LogP contribution in [0.15, 0.2) is 42.9 Å². The third-order valence-corrected chi connectivity index (χ3v) is 1.49. The lowest BCUT2D eigenvalue weighted by atomic mass is 10.2. The van der Waals surface area contributed by atoms with Gasteiger partial charge in [-0.3, -0.25) is 4.98 Å². The molecule has 0 N–H and O–H groups in total. The second kappa shape index (κ2) is 5.14. The summed E-state index contributed by atoms with van der Waals surface area (Å²) < 4.78 is 0. The molecule has 0 saturated heterocycles. The van der Waals surface area contributed by atoms with Crippen molar-refractivity contribution in [2.75, 3.05) is 14.1 Å². The Morgan fingerprint density at radius 1 is 1.15 bits per heavy atom. The fourth-order valence-electron chi connectivity index (χ4n) is 0.863. The number of pyridine rings is 1. The van der Waals surface area contributed by atoms with E-state index < -0.39 is 0 Å². The van der Waals surface area contributed by atoms with Crippen molar-refractivity contribution in [3.8, 4) is 0 Å². The molecule has 0 radical (unpaired) electrons. The van der Waals surface area contributed by atoms with Gasteiger partial charge in [0.1, 0.15) is 0 Å². The van der Waals surface area contributed by atoms with Crippen LogP contribution in [0.25, 0.3) is 6.08 Å². The first-order valence-electron chi connectivity index (χ1n) is 4.20. The largest absolute Gasteiger partial charge is 0.383 e. The molecule has 0 spiro atoms. The molecule has 1 aromatic heterocycles. The van der Waals surface area contributed by atoms with Crippen molar-refractivity contribution in [2.45, 2.75) is 0 Å². The fourth-order valence-corrected chi connectivity index (χ4v) is 0.863. The van der Waals surface area contributed by atoms with Crippen LogP contribution in [-0.2, 0) is 0 Å². The minimum atomic E-state index is 1.17. The quantitative estimate of drug-likeness (QED) is 0.653. The molecule has 0 fully saturated rings. The van der Waals surface area contributed by atoms with Crippen molar-refractivity contribution in [3.63, 3.8) is 0 Å². The summed E-state index contributed by atoms with van der Waals surface area (Å²) >= 11 is 0. The molecular weight excluding hydrogens is 160 g/mol. The Hall–Kier alpha value is -1.57. The molecule has 0 bridgehead atoms. The normalized spacial score (nSPS) is 11.2. The molecular formula is C11H14N2. The molecule has 0 atom stereocenters. The van der Waals surface area contributed by atoms with Gasteiger partial charge in [-0.15, -0.1) is 0 Å². The van der Waals surface area contributed by atoms with E-state index in [1.807, 2.05) is 55.6 Å². The second-order valence-electron chi connectivity index (χ2n) is 2.94. The van der Waals surface area contributed by atoms with Gasteiger partial charge in [0.15, 0.2) is 0 Å². The van der Waals surface area contributed by atoms with E-state index in [9.17, 15) is 0 Å². The summed E-state index contributed by atoms with van der Waals surface area (Å²) in [6.07, 6.45) is 11.6. The lowest BCUT2D eigenvalue weighted by Gasteiger charge is -2.00. The van der Waals surface area contributed by atoms with Crippen LogP contribution in [-0.4, -0.2) is 24.0 Å². The van der Waals surface area contributed by atoms with Crippen LogP contribution < -0.4 is 0 Å². The Bertz CT molecular complexity index is 286. The molecule has 0 amide bonds. The third-order valence-electron chi connectivity index (χ3n) is 1.49. The van der Waals surface area contributed by atoms with E-state index in [0.717, 1.165) is 0 Å². The van der Waals surface area contributed by atoms with Gasteiger partial charge in [-0.1, -0.05) is 12.2 Å². The number of hydrogen-bond acceptors (Lipinski definition) is 2. The Kier molecular flexibility index (Phi) is 3.76. The van der Waals surface area contributed by atoms with Gasteiger partial charge >= 0.3 is 0 Å². The molecule has 0 aliphatic carbocycles. The van der Waals surface area contributed by atoms with Crippen molar-refractivity contribution in [1.29, 1.82) is 0 Å². The molecule has 0 aliphatic heterocycles. The smallest absolute Gasteiger partial charge is 0.0273 e. The van der Waals surface area contributed by atoms with Gasteiger partial charge in [-0.25, -0.2) is 0 Å². The maximum atomic E-state index is 3.94. The zero-order valence-corrected chi connectivity index (χ0v) is 8.01. The minimum Gasteiger partial charge on any atom is -0.383 e. The first-order valence-corrected chi connectivity index (χ1v) is 4.20. The van der Waals surface area contributed by atoms with Gasteiger partial charge in [-0.05, 0) is 30.0 Å². The van der Waals surface area contributed by atoms with Gasteiger partial charge < -0.3 is 4.90 Å². The Labute approximate surface area is 79.2 Å². The van der Waals surface area contributed by atoms with Crippen molar-refractivity contribution in [2.24, 2.45) is 0 Å². The number of hydrogen-bond donors (Lipinski definition) is 0. The maximum absolute atomic E-state index is 3.94.